The van der Waals surface area contributed by atoms with Gasteiger partial charge < -0.3 is 18.9 Å². The standard InChI is InChI=1S/2C23H19BrO4/c2*1-27-22(25)16-10-9-15-11-12-20(24)21(19(15)13-16)28-23(26)18-8-4-6-14-5-2-3-7-17(14)18/h2*2-10,13,20-21H,11-12H2,1H3/t2*20-,21-/m00/s1. The number of fused-ring (bicyclic) bond motifs is 4. The third-order valence-electron chi connectivity index (χ3n) is 10.3. The van der Waals surface area contributed by atoms with E-state index < -0.39 is 24.1 Å². The Morgan fingerprint density at radius 1 is 0.500 bits per heavy atom. The third-order valence-corrected chi connectivity index (χ3v) is 12.1. The molecule has 0 fully saturated rings. The minimum Gasteiger partial charge on any atom is -0.465 e. The number of carbonyl (C=O) groups excluding carboxylic acids is 4. The predicted molar refractivity (Wildman–Crippen MR) is 222 cm³/mol. The summed E-state index contributed by atoms with van der Waals surface area (Å²) in [5, 5.41) is 3.70. The summed E-state index contributed by atoms with van der Waals surface area (Å²) < 4.78 is 21.6. The maximum atomic E-state index is 13.0. The number of rotatable bonds is 6. The van der Waals surface area contributed by atoms with Crippen LogP contribution in [0.1, 0.15) is 88.7 Å². The normalized spacial score (nSPS) is 18.4. The molecular weight excluding hydrogens is 840 g/mol. The summed E-state index contributed by atoms with van der Waals surface area (Å²) in [6.45, 7) is 0. The van der Waals surface area contributed by atoms with E-state index in [1.165, 1.54) is 14.2 Å². The zero-order chi connectivity index (χ0) is 39.3. The third kappa shape index (κ3) is 8.13. The number of ether oxygens (including phenoxy) is 4. The summed E-state index contributed by atoms with van der Waals surface area (Å²) in [6, 6.07) is 37.6. The first-order chi connectivity index (χ1) is 27.2. The topological polar surface area (TPSA) is 105 Å². The molecular formula is C46H38Br2O8. The van der Waals surface area contributed by atoms with Gasteiger partial charge >= 0.3 is 23.9 Å². The van der Waals surface area contributed by atoms with Crippen LogP contribution in [0.2, 0.25) is 0 Å². The lowest BCUT2D eigenvalue weighted by Crippen LogP contribution is -2.26. The van der Waals surface area contributed by atoms with Crippen LogP contribution < -0.4 is 0 Å². The number of hydrogen-bond donors (Lipinski definition) is 0. The molecule has 0 N–H and O–H groups in total. The Hall–Kier alpha value is -5.32. The SMILES string of the molecule is COC(=O)c1ccc2c(c1)[C@H](OC(=O)c1cccc3ccccc13)[C@@H](Br)CC2.COC(=O)c1ccc2c(c1)[C@H](OC(=O)c1cccc3ccccc13)[C@@H](Br)CC2. The molecule has 6 aromatic rings. The van der Waals surface area contributed by atoms with Crippen molar-refractivity contribution in [1.82, 2.24) is 0 Å². The first-order valence-corrected chi connectivity index (χ1v) is 20.1. The van der Waals surface area contributed by atoms with Crippen LogP contribution in [0.15, 0.2) is 121 Å². The second-order valence-electron chi connectivity index (χ2n) is 13.6. The van der Waals surface area contributed by atoms with E-state index in [0.717, 1.165) is 69.5 Å². The molecule has 0 amide bonds. The lowest BCUT2D eigenvalue weighted by atomic mass is 9.88. The van der Waals surface area contributed by atoms with Gasteiger partial charge in [0.1, 0.15) is 12.2 Å². The summed E-state index contributed by atoms with van der Waals surface area (Å²) in [5.41, 5.74) is 5.85. The number of carbonyl (C=O) groups is 4. The number of hydrogen-bond acceptors (Lipinski definition) is 8. The molecule has 4 atom stereocenters. The molecule has 8 nitrogen and oxygen atoms in total. The van der Waals surface area contributed by atoms with Crippen molar-refractivity contribution < 1.29 is 38.1 Å². The maximum Gasteiger partial charge on any atom is 0.339 e. The molecule has 0 unspecified atom stereocenters. The van der Waals surface area contributed by atoms with E-state index in [4.69, 9.17) is 18.9 Å². The number of halogens is 2. The van der Waals surface area contributed by atoms with Crippen molar-refractivity contribution in [2.24, 2.45) is 0 Å². The number of alkyl halides is 2. The van der Waals surface area contributed by atoms with E-state index in [0.29, 0.717) is 22.3 Å². The molecule has 2 aliphatic carbocycles. The molecule has 56 heavy (non-hydrogen) atoms. The van der Waals surface area contributed by atoms with Crippen LogP contribution in [0.25, 0.3) is 21.5 Å². The van der Waals surface area contributed by atoms with Gasteiger partial charge in [-0.15, -0.1) is 0 Å². The average molecular weight is 879 g/mol. The summed E-state index contributed by atoms with van der Waals surface area (Å²) in [7, 11) is 2.71. The summed E-state index contributed by atoms with van der Waals surface area (Å²) in [5.74, 6) is -1.55. The van der Waals surface area contributed by atoms with Crippen LogP contribution in [-0.4, -0.2) is 47.8 Å². The van der Waals surface area contributed by atoms with Crippen molar-refractivity contribution in [2.45, 2.75) is 47.5 Å². The molecule has 284 valence electrons. The van der Waals surface area contributed by atoms with Crippen molar-refractivity contribution in [3.05, 3.63) is 166 Å². The van der Waals surface area contributed by atoms with Gasteiger partial charge in [0, 0.05) is 0 Å². The molecule has 0 saturated heterocycles. The van der Waals surface area contributed by atoms with Crippen molar-refractivity contribution in [1.29, 1.82) is 0 Å². The summed E-state index contributed by atoms with van der Waals surface area (Å²) in [6.07, 6.45) is 2.46. The fourth-order valence-electron chi connectivity index (χ4n) is 7.38. The molecule has 0 spiro atoms. The van der Waals surface area contributed by atoms with E-state index in [1.807, 2.05) is 84.9 Å². The predicted octanol–water partition coefficient (Wildman–Crippen LogP) is 10.5. The largest absolute Gasteiger partial charge is 0.465 e. The van der Waals surface area contributed by atoms with Gasteiger partial charge in [-0.2, -0.15) is 0 Å². The Morgan fingerprint density at radius 2 is 0.893 bits per heavy atom. The second-order valence-corrected chi connectivity index (χ2v) is 16.0. The smallest absolute Gasteiger partial charge is 0.339 e. The van der Waals surface area contributed by atoms with Crippen LogP contribution in [0.4, 0.5) is 0 Å². The molecule has 10 heteroatoms. The quantitative estimate of drug-likeness (QED) is 0.0925. The summed E-state index contributed by atoms with van der Waals surface area (Å²) in [4.78, 5) is 49.9. The van der Waals surface area contributed by atoms with Gasteiger partial charge in [0.2, 0.25) is 0 Å². The van der Waals surface area contributed by atoms with Crippen LogP contribution >= 0.6 is 31.9 Å². The summed E-state index contributed by atoms with van der Waals surface area (Å²) >= 11 is 7.32. The van der Waals surface area contributed by atoms with E-state index in [2.05, 4.69) is 31.9 Å². The zero-order valence-electron chi connectivity index (χ0n) is 30.7. The molecule has 0 aliphatic heterocycles. The van der Waals surface area contributed by atoms with Gasteiger partial charge in [-0.25, -0.2) is 19.2 Å². The fourth-order valence-corrected chi connectivity index (χ4v) is 8.63. The minimum atomic E-state index is -0.472. The molecule has 0 saturated carbocycles. The molecule has 8 rings (SSSR count). The number of aryl methyl sites for hydroxylation is 2. The highest BCUT2D eigenvalue weighted by Crippen LogP contribution is 2.40. The van der Waals surface area contributed by atoms with E-state index in [-0.39, 0.29) is 21.6 Å². The van der Waals surface area contributed by atoms with Gasteiger partial charge in [-0.1, -0.05) is 117 Å². The van der Waals surface area contributed by atoms with Crippen LogP contribution in [-0.2, 0) is 31.8 Å². The number of benzene rings is 6. The molecule has 6 aromatic carbocycles. The minimum absolute atomic E-state index is 0.0215. The Bertz CT molecular complexity index is 2280. The van der Waals surface area contributed by atoms with Gasteiger partial charge in [0.15, 0.2) is 0 Å². The fraction of sp³-hybridized carbons (Fsp3) is 0.217. The van der Waals surface area contributed by atoms with Crippen molar-refractivity contribution in [3.63, 3.8) is 0 Å². The first kappa shape index (κ1) is 38.9. The van der Waals surface area contributed by atoms with Gasteiger partial charge in [-0.3, -0.25) is 0 Å². The number of methoxy groups -OCH3 is 2. The molecule has 0 radical (unpaired) electrons. The zero-order valence-corrected chi connectivity index (χ0v) is 33.9. The van der Waals surface area contributed by atoms with Gasteiger partial charge in [-0.05, 0) is 106 Å². The first-order valence-electron chi connectivity index (χ1n) is 18.2. The Kier molecular flexibility index (Phi) is 12.0. The van der Waals surface area contributed by atoms with Crippen molar-refractivity contribution in [3.8, 4) is 0 Å². The lowest BCUT2D eigenvalue weighted by molar-refractivity contribution is 0.0270. The van der Waals surface area contributed by atoms with Crippen molar-refractivity contribution >= 4 is 77.3 Å². The highest BCUT2D eigenvalue weighted by molar-refractivity contribution is 9.09. The Labute approximate surface area is 341 Å². The van der Waals surface area contributed by atoms with Crippen LogP contribution in [0.3, 0.4) is 0 Å². The second kappa shape index (κ2) is 17.2. The van der Waals surface area contributed by atoms with E-state index in [9.17, 15) is 19.2 Å². The Morgan fingerprint density at radius 3 is 1.30 bits per heavy atom. The highest BCUT2D eigenvalue weighted by atomic mass is 79.9. The molecule has 0 bridgehead atoms. The van der Waals surface area contributed by atoms with Crippen LogP contribution in [0.5, 0.6) is 0 Å². The van der Waals surface area contributed by atoms with Crippen molar-refractivity contribution in [2.75, 3.05) is 14.2 Å². The van der Waals surface area contributed by atoms with E-state index in [1.54, 1.807) is 36.4 Å². The van der Waals surface area contributed by atoms with E-state index >= 15 is 0 Å². The van der Waals surface area contributed by atoms with Crippen LogP contribution in [0, 0.1) is 0 Å². The monoisotopic (exact) mass is 876 g/mol. The molecule has 0 aromatic heterocycles. The lowest BCUT2D eigenvalue weighted by Gasteiger charge is -2.30. The maximum absolute atomic E-state index is 13.0. The molecule has 0 heterocycles. The van der Waals surface area contributed by atoms with Gasteiger partial charge in [0.05, 0.1) is 46.1 Å². The Balaban J connectivity index is 0.000000172. The number of esters is 4. The average Bonchev–Trinajstić information content (AvgIpc) is 3.24. The highest BCUT2D eigenvalue weighted by Gasteiger charge is 2.34. The van der Waals surface area contributed by atoms with Gasteiger partial charge in [0.25, 0.3) is 0 Å². The molecule has 2 aliphatic rings.